The van der Waals surface area contributed by atoms with Crippen molar-refractivity contribution < 1.29 is 30.6 Å². The van der Waals surface area contributed by atoms with Crippen molar-refractivity contribution in [3.63, 3.8) is 0 Å². The van der Waals surface area contributed by atoms with E-state index in [0.717, 1.165) is 23.1 Å². The number of hydrogen-bond donors (Lipinski definition) is 0. The number of nitrogens with zero attached hydrogens (tertiary/aromatic N) is 1. The molecule has 2 aromatic rings. The molecule has 0 saturated carbocycles. The van der Waals surface area contributed by atoms with E-state index in [1.54, 1.807) is 6.07 Å². The molecule has 0 amide bonds. The maximum atomic E-state index is 14.0. The number of hydrogen-bond acceptors (Lipinski definition) is 1. The average molecular weight is 422 g/mol. The van der Waals surface area contributed by atoms with Gasteiger partial charge in [0.1, 0.15) is 19.7 Å². The molecule has 1 aliphatic heterocycles. The molecule has 142 valence electrons. The molecule has 2 nitrogen and oxygen atoms in total. The fraction of sp³-hybridized carbons (Fsp3) is 0.455. The van der Waals surface area contributed by atoms with Gasteiger partial charge in [0, 0.05) is 5.56 Å². The van der Waals surface area contributed by atoms with Gasteiger partial charge in [-0.2, -0.15) is 0 Å². The topological polar surface area (TPSA) is 9.23 Å². The predicted octanol–water partition coefficient (Wildman–Crippen LogP) is 2.11. The summed E-state index contributed by atoms with van der Waals surface area (Å²) in [6, 6.07) is 15.8. The minimum absolute atomic E-state index is 0. The fourth-order valence-corrected chi connectivity index (χ4v) is 3.93. The first-order valence-electron chi connectivity index (χ1n) is 9.45. The van der Waals surface area contributed by atoms with Crippen LogP contribution in [0.25, 0.3) is 0 Å². The molecule has 0 N–H and O–H groups in total. The molecule has 1 fully saturated rings. The minimum Gasteiger partial charge on any atom is -1.00 e. The summed E-state index contributed by atoms with van der Waals surface area (Å²) < 4.78 is 20.9. The summed E-state index contributed by atoms with van der Waals surface area (Å²) in [6.07, 6.45) is 5.18. The number of ether oxygens (including phenoxy) is 1. The number of likely N-dealkylation sites (tertiary alicyclic amines) is 1. The zero-order valence-electron chi connectivity index (χ0n) is 15.6. The summed E-state index contributed by atoms with van der Waals surface area (Å²) in [7, 11) is 0. The predicted molar refractivity (Wildman–Crippen MR) is 100 cm³/mol. The van der Waals surface area contributed by atoms with Gasteiger partial charge in [0.05, 0.1) is 13.1 Å². The van der Waals surface area contributed by atoms with Crippen LogP contribution >= 0.6 is 0 Å². The van der Waals surface area contributed by atoms with Crippen LogP contribution in [0.5, 0.6) is 5.75 Å². The molecule has 1 aliphatic rings. The smallest absolute Gasteiger partial charge is 0.165 e. The van der Waals surface area contributed by atoms with Crippen molar-refractivity contribution in [1.82, 2.24) is 0 Å². The van der Waals surface area contributed by atoms with Crippen molar-refractivity contribution >= 4 is 0 Å². The van der Waals surface area contributed by atoms with Gasteiger partial charge in [-0.05, 0) is 44.2 Å². The van der Waals surface area contributed by atoms with E-state index in [1.165, 1.54) is 50.4 Å². The SMILES string of the molecule is Cc1cccc(F)c1OCC[N+]1(Cc2ccccc2)CCCCCC1.[Br-]. The van der Waals surface area contributed by atoms with E-state index in [0.29, 0.717) is 12.4 Å². The van der Waals surface area contributed by atoms with Gasteiger partial charge in [0.15, 0.2) is 11.6 Å². The number of benzene rings is 2. The second kappa shape index (κ2) is 10.1. The van der Waals surface area contributed by atoms with E-state index < -0.39 is 0 Å². The van der Waals surface area contributed by atoms with E-state index in [1.807, 2.05) is 13.0 Å². The standard InChI is InChI=1S/C22H29FNO.BrH/c1-19-10-9-13-21(23)22(19)25-17-16-24(14-7-2-3-8-15-24)18-20-11-5-4-6-12-20;/h4-6,9-13H,2-3,7-8,14-18H2,1H3;1H/q+1;/p-1. The zero-order valence-corrected chi connectivity index (χ0v) is 17.2. The molecule has 0 radical (unpaired) electrons. The first-order chi connectivity index (χ1) is 12.2. The van der Waals surface area contributed by atoms with E-state index in [9.17, 15) is 4.39 Å². The van der Waals surface area contributed by atoms with Crippen molar-refractivity contribution in [2.75, 3.05) is 26.2 Å². The lowest BCUT2D eigenvalue weighted by Crippen LogP contribution is -3.00. The number of aryl methyl sites for hydroxylation is 1. The summed E-state index contributed by atoms with van der Waals surface area (Å²) in [6.45, 7) is 6.82. The highest BCUT2D eigenvalue weighted by Gasteiger charge is 2.29. The van der Waals surface area contributed by atoms with E-state index in [2.05, 4.69) is 30.3 Å². The van der Waals surface area contributed by atoms with Crippen LogP contribution < -0.4 is 21.7 Å². The van der Waals surface area contributed by atoms with Crippen molar-refractivity contribution in [3.8, 4) is 5.75 Å². The first kappa shape index (κ1) is 20.9. The van der Waals surface area contributed by atoms with Gasteiger partial charge in [-0.25, -0.2) is 4.39 Å². The summed E-state index contributed by atoms with van der Waals surface area (Å²) in [4.78, 5) is 0. The lowest BCUT2D eigenvalue weighted by atomic mass is 10.1. The van der Waals surface area contributed by atoms with Gasteiger partial charge >= 0.3 is 0 Å². The van der Waals surface area contributed by atoms with E-state index in [-0.39, 0.29) is 22.8 Å². The second-order valence-electron chi connectivity index (χ2n) is 7.30. The Labute approximate surface area is 167 Å². The molecule has 4 heteroatoms. The third-order valence-corrected chi connectivity index (χ3v) is 5.35. The molecular weight excluding hydrogens is 393 g/mol. The number of rotatable bonds is 6. The van der Waals surface area contributed by atoms with Crippen LogP contribution in [0.4, 0.5) is 4.39 Å². The Kier molecular flexibility index (Phi) is 8.11. The molecule has 3 rings (SSSR count). The highest BCUT2D eigenvalue weighted by atomic mass is 79.9. The minimum atomic E-state index is -0.259. The highest BCUT2D eigenvalue weighted by molar-refractivity contribution is 5.33. The van der Waals surface area contributed by atoms with Crippen molar-refractivity contribution in [1.29, 1.82) is 0 Å². The third-order valence-electron chi connectivity index (χ3n) is 5.35. The largest absolute Gasteiger partial charge is 1.00 e. The van der Waals surface area contributed by atoms with Crippen LogP contribution in [0.3, 0.4) is 0 Å². The van der Waals surface area contributed by atoms with Gasteiger partial charge in [-0.15, -0.1) is 0 Å². The zero-order chi connectivity index (χ0) is 17.5. The Balaban J connectivity index is 0.00000243. The molecule has 26 heavy (non-hydrogen) atoms. The Morgan fingerprint density at radius 2 is 1.62 bits per heavy atom. The quantitative estimate of drug-likeness (QED) is 0.649. The van der Waals surface area contributed by atoms with E-state index in [4.69, 9.17) is 4.74 Å². The maximum absolute atomic E-state index is 14.0. The van der Waals surface area contributed by atoms with Crippen LogP contribution in [-0.2, 0) is 6.54 Å². The molecule has 0 bridgehead atoms. The van der Waals surface area contributed by atoms with Crippen LogP contribution in [0, 0.1) is 12.7 Å². The van der Waals surface area contributed by atoms with Crippen molar-refractivity contribution in [3.05, 3.63) is 65.5 Å². The Bertz CT molecular complexity index is 649. The summed E-state index contributed by atoms with van der Waals surface area (Å²) in [5, 5.41) is 0. The Morgan fingerprint density at radius 3 is 2.27 bits per heavy atom. The molecule has 0 unspecified atom stereocenters. The molecule has 1 saturated heterocycles. The number of halogens is 2. The lowest BCUT2D eigenvalue weighted by molar-refractivity contribution is -0.940. The molecule has 0 aromatic heterocycles. The second-order valence-corrected chi connectivity index (χ2v) is 7.30. The number of quaternary nitrogens is 1. The van der Waals surface area contributed by atoms with Crippen LogP contribution in [-0.4, -0.2) is 30.7 Å². The van der Waals surface area contributed by atoms with Gasteiger partial charge in [0.25, 0.3) is 0 Å². The molecule has 2 aromatic carbocycles. The molecule has 0 spiro atoms. The molecule has 0 atom stereocenters. The normalized spacial score (nSPS) is 16.4. The number of para-hydroxylation sites is 1. The highest BCUT2D eigenvalue weighted by Crippen LogP contribution is 2.24. The summed E-state index contributed by atoms with van der Waals surface area (Å²) >= 11 is 0. The molecule has 1 heterocycles. The Hall–Kier alpha value is -1.39. The van der Waals surface area contributed by atoms with Crippen molar-refractivity contribution in [2.24, 2.45) is 0 Å². The summed E-state index contributed by atoms with van der Waals surface area (Å²) in [5.74, 6) is 0.153. The maximum Gasteiger partial charge on any atom is 0.165 e. The van der Waals surface area contributed by atoms with Crippen LogP contribution in [0.2, 0.25) is 0 Å². The third kappa shape index (κ3) is 5.55. The summed E-state index contributed by atoms with van der Waals surface area (Å²) in [5.41, 5.74) is 2.25. The molecule has 0 aliphatic carbocycles. The van der Waals surface area contributed by atoms with Gasteiger partial charge in [0.2, 0.25) is 0 Å². The van der Waals surface area contributed by atoms with Crippen molar-refractivity contribution in [2.45, 2.75) is 39.2 Å². The van der Waals surface area contributed by atoms with E-state index >= 15 is 0 Å². The Morgan fingerprint density at radius 1 is 0.923 bits per heavy atom. The van der Waals surface area contributed by atoms with Gasteiger partial charge in [-0.1, -0.05) is 42.5 Å². The van der Waals surface area contributed by atoms with Crippen LogP contribution in [0.15, 0.2) is 48.5 Å². The van der Waals surface area contributed by atoms with Gasteiger partial charge < -0.3 is 26.2 Å². The lowest BCUT2D eigenvalue weighted by Gasteiger charge is -2.38. The first-order valence-corrected chi connectivity index (χ1v) is 9.45. The monoisotopic (exact) mass is 421 g/mol. The average Bonchev–Trinajstić information content (AvgIpc) is 2.84. The van der Waals surface area contributed by atoms with Crippen LogP contribution in [0.1, 0.15) is 36.8 Å². The fourth-order valence-electron chi connectivity index (χ4n) is 3.93. The molecular formula is C22H29BrFNO. The van der Waals surface area contributed by atoms with Gasteiger partial charge in [-0.3, -0.25) is 0 Å².